The summed E-state index contributed by atoms with van der Waals surface area (Å²) in [6.07, 6.45) is 1.93. The van der Waals surface area contributed by atoms with Crippen molar-refractivity contribution in [3.63, 3.8) is 0 Å². The van der Waals surface area contributed by atoms with Crippen LogP contribution in [0.25, 0.3) is 10.9 Å². The van der Waals surface area contributed by atoms with Gasteiger partial charge < -0.3 is 34.6 Å². The van der Waals surface area contributed by atoms with E-state index in [2.05, 4.69) is 0 Å². The van der Waals surface area contributed by atoms with E-state index in [0.717, 1.165) is 18.9 Å². The first-order valence-electron chi connectivity index (χ1n) is 10.2. The van der Waals surface area contributed by atoms with Gasteiger partial charge in [0.25, 0.3) is 0 Å². The highest BCUT2D eigenvalue weighted by Gasteiger charge is 2.38. The second kappa shape index (κ2) is 8.10. The number of aromatic nitrogens is 1. The first-order chi connectivity index (χ1) is 14.8. The number of fused-ring (bicyclic) bond motifs is 1. The number of benzene rings is 1. The third-order valence-corrected chi connectivity index (χ3v) is 6.23. The largest absolute Gasteiger partial charge is 0.492 e. The molecule has 9 nitrogen and oxygen atoms in total. The Morgan fingerprint density at radius 2 is 1.84 bits per heavy atom. The molecular weight excluding hydrogens is 411 g/mol. The van der Waals surface area contributed by atoms with E-state index in [1.165, 1.54) is 13.3 Å². The normalized spacial score (nSPS) is 23.9. The maximum Gasteiger partial charge on any atom is 0.341 e. The number of nitrogens with zero attached hydrogens (tertiary/aromatic N) is 2. The van der Waals surface area contributed by atoms with Gasteiger partial charge in [-0.2, -0.15) is 0 Å². The van der Waals surface area contributed by atoms with Gasteiger partial charge in [0.2, 0.25) is 5.43 Å². The van der Waals surface area contributed by atoms with Crippen molar-refractivity contribution in [3.05, 3.63) is 33.9 Å². The fourth-order valence-corrected chi connectivity index (χ4v) is 4.48. The van der Waals surface area contributed by atoms with E-state index >= 15 is 4.39 Å². The monoisotopic (exact) mass is 436 g/mol. The van der Waals surface area contributed by atoms with E-state index in [0.29, 0.717) is 5.52 Å². The lowest BCUT2D eigenvalue weighted by molar-refractivity contribution is -0.00869. The molecule has 2 unspecified atom stereocenters. The third kappa shape index (κ3) is 3.54. The summed E-state index contributed by atoms with van der Waals surface area (Å²) < 4.78 is 22.6. The molecule has 1 saturated heterocycles. The number of methoxy groups -OCH3 is 1. The van der Waals surface area contributed by atoms with Crippen molar-refractivity contribution in [2.45, 2.75) is 25.0 Å². The molecule has 2 aliphatic rings. The molecule has 2 aromatic rings. The van der Waals surface area contributed by atoms with Crippen LogP contribution in [0.2, 0.25) is 0 Å². The second-order valence-electron chi connectivity index (χ2n) is 8.23. The van der Waals surface area contributed by atoms with Crippen molar-refractivity contribution >= 4 is 22.6 Å². The van der Waals surface area contributed by atoms with E-state index in [-0.39, 0.29) is 49.2 Å². The number of hydrogen-bond donors (Lipinski definition) is 4. The number of rotatable bonds is 6. The van der Waals surface area contributed by atoms with Gasteiger partial charge >= 0.3 is 5.97 Å². The highest BCUT2D eigenvalue weighted by Crippen LogP contribution is 2.44. The van der Waals surface area contributed by atoms with Gasteiger partial charge in [-0.05, 0) is 18.9 Å². The number of aliphatic hydroxyl groups is 3. The molecule has 0 bridgehead atoms. The molecule has 1 aliphatic carbocycles. The summed E-state index contributed by atoms with van der Waals surface area (Å²) in [6, 6.07) is 1.00. The Balaban J connectivity index is 1.96. The van der Waals surface area contributed by atoms with Gasteiger partial charge in [-0.25, -0.2) is 9.18 Å². The van der Waals surface area contributed by atoms with Gasteiger partial charge in [0, 0.05) is 37.2 Å². The molecule has 168 valence electrons. The molecule has 2 heterocycles. The summed E-state index contributed by atoms with van der Waals surface area (Å²) >= 11 is 0. The zero-order valence-corrected chi connectivity index (χ0v) is 17.0. The van der Waals surface area contributed by atoms with Gasteiger partial charge in [-0.15, -0.1) is 0 Å². The van der Waals surface area contributed by atoms with Crippen LogP contribution in [-0.4, -0.2) is 70.5 Å². The van der Waals surface area contributed by atoms with Gasteiger partial charge in [-0.1, -0.05) is 0 Å². The number of aromatic carboxylic acids is 1. The Bertz CT molecular complexity index is 1070. The van der Waals surface area contributed by atoms with Crippen LogP contribution < -0.4 is 15.1 Å². The first-order valence-corrected chi connectivity index (χ1v) is 10.2. The molecule has 4 rings (SSSR count). The molecule has 1 saturated carbocycles. The Labute approximate surface area is 176 Å². The van der Waals surface area contributed by atoms with Crippen LogP contribution in [0.3, 0.4) is 0 Å². The van der Waals surface area contributed by atoms with Crippen molar-refractivity contribution in [3.8, 4) is 5.75 Å². The summed E-state index contributed by atoms with van der Waals surface area (Å²) in [5, 5.41) is 39.0. The predicted octanol–water partition coefficient (Wildman–Crippen LogP) is 0.580. The number of carbonyl (C=O) groups is 1. The maximum atomic E-state index is 15.4. The zero-order chi connectivity index (χ0) is 22.4. The lowest BCUT2D eigenvalue weighted by atomic mass is 9.86. The summed E-state index contributed by atoms with van der Waals surface area (Å²) in [4.78, 5) is 25.9. The molecule has 0 amide bonds. The minimum Gasteiger partial charge on any atom is -0.492 e. The number of aliphatic hydroxyl groups excluding tert-OH is 3. The molecule has 31 heavy (non-hydrogen) atoms. The van der Waals surface area contributed by atoms with Crippen molar-refractivity contribution in [1.82, 2.24) is 4.57 Å². The van der Waals surface area contributed by atoms with E-state index in [9.17, 15) is 30.0 Å². The van der Waals surface area contributed by atoms with Crippen LogP contribution in [0.1, 0.15) is 29.2 Å². The maximum absolute atomic E-state index is 15.4. The van der Waals surface area contributed by atoms with Gasteiger partial charge in [0.05, 0.1) is 37.3 Å². The summed E-state index contributed by atoms with van der Waals surface area (Å²) in [5.74, 6) is -3.29. The highest BCUT2D eigenvalue weighted by atomic mass is 19.1. The molecule has 1 aromatic heterocycles. The molecule has 1 aromatic carbocycles. The number of ether oxygens (including phenoxy) is 1. The van der Waals surface area contributed by atoms with Crippen molar-refractivity contribution in [1.29, 1.82) is 0 Å². The van der Waals surface area contributed by atoms with E-state index in [1.807, 2.05) is 0 Å². The number of anilines is 1. The predicted molar refractivity (Wildman–Crippen MR) is 109 cm³/mol. The van der Waals surface area contributed by atoms with Crippen LogP contribution in [0.15, 0.2) is 17.1 Å². The third-order valence-electron chi connectivity index (χ3n) is 6.23. The average molecular weight is 436 g/mol. The van der Waals surface area contributed by atoms with E-state index in [1.54, 1.807) is 9.47 Å². The fourth-order valence-electron chi connectivity index (χ4n) is 4.48. The van der Waals surface area contributed by atoms with Gasteiger partial charge in [0.15, 0.2) is 11.6 Å². The topological polar surface area (TPSA) is 132 Å². The first kappa shape index (κ1) is 21.5. The molecule has 0 spiro atoms. The molecule has 2 atom stereocenters. The van der Waals surface area contributed by atoms with E-state index in [4.69, 9.17) is 4.74 Å². The second-order valence-corrected chi connectivity index (χ2v) is 8.23. The minimum atomic E-state index is -1.38. The van der Waals surface area contributed by atoms with Crippen molar-refractivity contribution in [2.75, 3.05) is 38.3 Å². The van der Waals surface area contributed by atoms with Gasteiger partial charge in [0.1, 0.15) is 11.3 Å². The summed E-state index contributed by atoms with van der Waals surface area (Å²) in [6.45, 7) is -0.456. The molecule has 2 fully saturated rings. The Hall–Kier alpha value is -2.69. The van der Waals surface area contributed by atoms with Crippen LogP contribution in [0.4, 0.5) is 10.1 Å². The quantitative estimate of drug-likeness (QED) is 0.517. The van der Waals surface area contributed by atoms with Crippen LogP contribution in [0.5, 0.6) is 5.75 Å². The van der Waals surface area contributed by atoms with Crippen molar-refractivity contribution in [2.24, 2.45) is 11.8 Å². The fraction of sp³-hybridized carbons (Fsp3) is 0.524. The number of halogens is 1. The minimum absolute atomic E-state index is 0.0213. The van der Waals surface area contributed by atoms with Crippen molar-refractivity contribution < 1.29 is 34.3 Å². The Kier molecular flexibility index (Phi) is 5.63. The van der Waals surface area contributed by atoms with Crippen LogP contribution in [0, 0.1) is 17.7 Å². The molecular formula is C21H25FN2O7. The SMILES string of the molecule is COc1c(N2CC(CO)C(O)C(CO)C2)c(F)cc2c(=O)c(C(=O)O)cn(C3CC3)c12. The molecule has 10 heteroatoms. The van der Waals surface area contributed by atoms with Gasteiger partial charge in [-0.3, -0.25) is 4.79 Å². The molecule has 4 N–H and O–H groups in total. The summed E-state index contributed by atoms with van der Waals surface area (Å²) in [5.41, 5.74) is -0.867. The zero-order valence-electron chi connectivity index (χ0n) is 17.0. The number of piperidine rings is 1. The highest BCUT2D eigenvalue weighted by molar-refractivity contribution is 5.97. The molecule has 1 aliphatic heterocycles. The molecule has 0 radical (unpaired) electrons. The number of pyridine rings is 1. The lowest BCUT2D eigenvalue weighted by Crippen LogP contribution is -2.52. The Morgan fingerprint density at radius 3 is 2.32 bits per heavy atom. The number of carboxylic acids is 1. The smallest absolute Gasteiger partial charge is 0.341 e. The standard InChI is InChI=1S/C21H25FN2O7/c1-31-20-16-13(19(28)14(21(29)30)7-24(16)12-2-3-12)4-15(22)17(20)23-5-10(8-25)18(27)11(6-23)9-26/h4,7,10-12,18,25-27H,2-3,5-6,8-9H2,1H3,(H,29,30). The average Bonchev–Trinajstić information content (AvgIpc) is 3.59. The van der Waals surface area contributed by atoms with Crippen LogP contribution in [-0.2, 0) is 0 Å². The summed E-state index contributed by atoms with van der Waals surface area (Å²) in [7, 11) is 1.34. The number of hydrogen-bond acceptors (Lipinski definition) is 7. The number of carboxylic acid groups (broad SMARTS) is 1. The Morgan fingerprint density at radius 1 is 1.23 bits per heavy atom. The van der Waals surface area contributed by atoms with E-state index < -0.39 is 40.7 Å². The van der Waals surface area contributed by atoms with Crippen LogP contribution >= 0.6 is 0 Å². The lowest BCUT2D eigenvalue weighted by Gasteiger charge is -2.42.